The van der Waals surface area contributed by atoms with E-state index >= 15 is 0 Å². The van der Waals surface area contributed by atoms with E-state index < -0.39 is 17.8 Å². The van der Waals surface area contributed by atoms with Crippen molar-refractivity contribution in [1.29, 1.82) is 0 Å². The molecular formula is C16H13BrFNO3. The van der Waals surface area contributed by atoms with Gasteiger partial charge in [-0.15, -0.1) is 0 Å². The molecule has 2 aromatic rings. The second-order valence-electron chi connectivity index (χ2n) is 4.80. The van der Waals surface area contributed by atoms with Gasteiger partial charge in [-0.25, -0.2) is 4.39 Å². The van der Waals surface area contributed by atoms with Crippen LogP contribution in [0.15, 0.2) is 52.1 Å². The number of benzene rings is 2. The van der Waals surface area contributed by atoms with E-state index in [1.54, 1.807) is 24.3 Å². The second-order valence-corrected chi connectivity index (χ2v) is 5.72. The summed E-state index contributed by atoms with van der Waals surface area (Å²) in [5.41, 5.74) is 1.52. The molecule has 2 rings (SSSR count). The van der Waals surface area contributed by atoms with Crippen LogP contribution in [0.3, 0.4) is 0 Å². The first-order valence-electron chi connectivity index (χ1n) is 6.61. The Balaban J connectivity index is 2.26. The minimum absolute atomic E-state index is 0.0515. The van der Waals surface area contributed by atoms with E-state index in [-0.39, 0.29) is 12.8 Å². The summed E-state index contributed by atoms with van der Waals surface area (Å²) in [5.74, 6) is -1.48. The number of carbonyl (C=O) groups is 1. The number of aliphatic carboxylic acids is 1. The third kappa shape index (κ3) is 3.98. The van der Waals surface area contributed by atoms with Gasteiger partial charge in [0.15, 0.2) is 0 Å². The Morgan fingerprint density at radius 2 is 1.91 bits per heavy atom. The number of nitrogens with zero attached hydrogens (tertiary/aromatic N) is 1. The first kappa shape index (κ1) is 16.3. The average Bonchev–Trinajstić information content (AvgIpc) is 2.49. The first-order valence-corrected chi connectivity index (χ1v) is 7.40. The summed E-state index contributed by atoms with van der Waals surface area (Å²) in [6.07, 6.45) is -0.137. The lowest BCUT2D eigenvalue weighted by atomic mass is 9.98. The molecule has 2 aromatic carbocycles. The molecule has 0 radical (unpaired) electrons. The summed E-state index contributed by atoms with van der Waals surface area (Å²) < 4.78 is 15.2. The van der Waals surface area contributed by atoms with Gasteiger partial charge in [0.05, 0.1) is 0 Å². The fourth-order valence-corrected chi connectivity index (χ4v) is 2.41. The summed E-state index contributed by atoms with van der Waals surface area (Å²) in [6.45, 7) is 0. The van der Waals surface area contributed by atoms with E-state index in [1.807, 2.05) is 12.1 Å². The molecule has 22 heavy (non-hydrogen) atoms. The van der Waals surface area contributed by atoms with Crippen molar-refractivity contribution in [1.82, 2.24) is 0 Å². The number of hydrogen-bond donors (Lipinski definition) is 1. The molecule has 0 aliphatic carbocycles. The summed E-state index contributed by atoms with van der Waals surface area (Å²) >= 11 is 3.32. The number of halogens is 2. The van der Waals surface area contributed by atoms with Crippen molar-refractivity contribution in [2.24, 2.45) is 5.18 Å². The third-order valence-electron chi connectivity index (χ3n) is 3.29. The van der Waals surface area contributed by atoms with Gasteiger partial charge in [-0.1, -0.05) is 45.4 Å². The average molecular weight is 366 g/mol. The lowest BCUT2D eigenvalue weighted by molar-refractivity contribution is -0.137. The van der Waals surface area contributed by atoms with E-state index in [9.17, 15) is 14.1 Å². The molecule has 114 valence electrons. The van der Waals surface area contributed by atoms with Crippen LogP contribution in [0.4, 0.5) is 4.39 Å². The minimum atomic E-state index is -1.01. The van der Waals surface area contributed by atoms with Crippen LogP contribution in [0, 0.1) is 10.7 Å². The first-order chi connectivity index (χ1) is 10.5. The van der Waals surface area contributed by atoms with Crippen molar-refractivity contribution in [2.45, 2.75) is 18.9 Å². The number of nitroso groups, excluding NO2 is 1. The molecule has 0 saturated heterocycles. The predicted octanol–water partition coefficient (Wildman–Crippen LogP) is 4.93. The Hall–Kier alpha value is -2.08. The lowest BCUT2D eigenvalue weighted by Gasteiger charge is -2.10. The number of carboxylic acids is 1. The van der Waals surface area contributed by atoms with Crippen LogP contribution in [-0.4, -0.2) is 11.1 Å². The Bertz CT molecular complexity index is 688. The number of carboxylic acid groups (broad SMARTS) is 1. The molecule has 1 N–H and O–H groups in total. The van der Waals surface area contributed by atoms with Crippen LogP contribution in [0.1, 0.15) is 24.4 Å². The van der Waals surface area contributed by atoms with Crippen molar-refractivity contribution in [3.05, 3.63) is 63.2 Å². The molecule has 0 spiro atoms. The Labute approximate surface area is 135 Å². The highest BCUT2D eigenvalue weighted by molar-refractivity contribution is 9.10. The molecule has 0 aromatic heterocycles. The maximum atomic E-state index is 14.3. The zero-order valence-corrected chi connectivity index (χ0v) is 13.1. The highest BCUT2D eigenvalue weighted by Crippen LogP contribution is 2.29. The van der Waals surface area contributed by atoms with Crippen LogP contribution in [0.25, 0.3) is 11.1 Å². The molecule has 0 aliphatic heterocycles. The fraction of sp³-hybridized carbons (Fsp3) is 0.188. The zero-order chi connectivity index (χ0) is 16.1. The smallest absolute Gasteiger partial charge is 0.303 e. The Morgan fingerprint density at radius 3 is 2.45 bits per heavy atom. The molecule has 0 aliphatic rings. The highest BCUT2D eigenvalue weighted by Gasteiger charge is 2.16. The normalized spacial score (nSPS) is 11.9. The van der Waals surface area contributed by atoms with Crippen molar-refractivity contribution in [3.63, 3.8) is 0 Å². The maximum Gasteiger partial charge on any atom is 0.303 e. The van der Waals surface area contributed by atoms with Crippen LogP contribution >= 0.6 is 15.9 Å². The summed E-state index contributed by atoms with van der Waals surface area (Å²) in [7, 11) is 0. The zero-order valence-electron chi connectivity index (χ0n) is 11.5. The summed E-state index contributed by atoms with van der Waals surface area (Å²) in [6, 6.07) is 10.7. The molecular weight excluding hydrogens is 353 g/mol. The molecule has 1 unspecified atom stereocenters. The molecule has 0 bridgehead atoms. The van der Waals surface area contributed by atoms with Gasteiger partial charge >= 0.3 is 5.97 Å². The van der Waals surface area contributed by atoms with Crippen LogP contribution in [-0.2, 0) is 4.79 Å². The monoisotopic (exact) mass is 365 g/mol. The molecule has 0 heterocycles. The van der Waals surface area contributed by atoms with E-state index in [4.69, 9.17) is 5.11 Å². The largest absolute Gasteiger partial charge is 0.481 e. The van der Waals surface area contributed by atoms with Gasteiger partial charge in [0, 0.05) is 16.5 Å². The molecule has 0 fully saturated rings. The van der Waals surface area contributed by atoms with Gasteiger partial charge in [0.1, 0.15) is 11.9 Å². The predicted molar refractivity (Wildman–Crippen MR) is 84.9 cm³/mol. The standard InChI is InChI=1S/C16H13BrFNO3/c17-12-4-1-10(2-5-12)13-6-3-11(9-14(13)18)15(19-22)7-8-16(20)21/h1-6,9,15H,7-8H2,(H,20,21). The SMILES string of the molecule is O=NC(CCC(=O)O)c1ccc(-c2ccc(Br)cc2)c(F)c1. The van der Waals surface area contributed by atoms with Gasteiger partial charge in [-0.2, -0.15) is 4.91 Å². The Kier molecular flexibility index (Phi) is 5.38. The van der Waals surface area contributed by atoms with Crippen molar-refractivity contribution >= 4 is 21.9 Å². The second kappa shape index (κ2) is 7.26. The topological polar surface area (TPSA) is 66.7 Å². The van der Waals surface area contributed by atoms with Gasteiger partial charge in [0.25, 0.3) is 0 Å². The van der Waals surface area contributed by atoms with Gasteiger partial charge in [-0.3, -0.25) is 4.79 Å². The van der Waals surface area contributed by atoms with E-state index in [1.165, 1.54) is 6.07 Å². The molecule has 1 atom stereocenters. The van der Waals surface area contributed by atoms with Gasteiger partial charge in [0.2, 0.25) is 0 Å². The van der Waals surface area contributed by atoms with Gasteiger partial charge in [-0.05, 0) is 35.7 Å². The van der Waals surface area contributed by atoms with Gasteiger partial charge < -0.3 is 5.11 Å². The Morgan fingerprint density at radius 1 is 1.23 bits per heavy atom. The third-order valence-corrected chi connectivity index (χ3v) is 3.82. The number of hydrogen-bond acceptors (Lipinski definition) is 3. The summed E-state index contributed by atoms with van der Waals surface area (Å²) in [4.78, 5) is 21.4. The summed E-state index contributed by atoms with van der Waals surface area (Å²) in [5, 5.41) is 11.6. The van der Waals surface area contributed by atoms with Crippen LogP contribution in [0.2, 0.25) is 0 Å². The molecule has 4 nitrogen and oxygen atoms in total. The number of rotatable bonds is 6. The maximum absolute atomic E-state index is 14.3. The molecule has 0 saturated carbocycles. The lowest BCUT2D eigenvalue weighted by Crippen LogP contribution is -2.01. The van der Waals surface area contributed by atoms with E-state index in [2.05, 4.69) is 21.1 Å². The molecule has 0 amide bonds. The molecule has 6 heteroatoms. The quantitative estimate of drug-likeness (QED) is 0.738. The van der Waals surface area contributed by atoms with Crippen molar-refractivity contribution in [2.75, 3.05) is 0 Å². The van der Waals surface area contributed by atoms with E-state index in [0.29, 0.717) is 16.7 Å². The van der Waals surface area contributed by atoms with Crippen molar-refractivity contribution < 1.29 is 14.3 Å². The highest BCUT2D eigenvalue weighted by atomic mass is 79.9. The fourth-order valence-electron chi connectivity index (χ4n) is 2.14. The minimum Gasteiger partial charge on any atom is -0.481 e. The van der Waals surface area contributed by atoms with Crippen molar-refractivity contribution in [3.8, 4) is 11.1 Å². The van der Waals surface area contributed by atoms with Crippen LogP contribution in [0.5, 0.6) is 0 Å². The van der Waals surface area contributed by atoms with E-state index in [0.717, 1.165) is 4.47 Å². The van der Waals surface area contributed by atoms with Crippen LogP contribution < -0.4 is 0 Å².